The molecule has 0 saturated heterocycles. The van der Waals surface area contributed by atoms with Gasteiger partial charge < -0.3 is 9.84 Å². The molecule has 1 N–H and O–H groups in total. The highest BCUT2D eigenvalue weighted by Crippen LogP contribution is 1.98. The van der Waals surface area contributed by atoms with Crippen LogP contribution in [0.3, 0.4) is 0 Å². The van der Waals surface area contributed by atoms with E-state index >= 15 is 0 Å². The van der Waals surface area contributed by atoms with E-state index in [2.05, 4.69) is 17.9 Å². The Balaban J connectivity index is 4.04. The molecule has 0 rings (SSSR count). The molecule has 12 heavy (non-hydrogen) atoms. The average molecular weight is 168 g/mol. The molecule has 0 spiro atoms. The van der Waals surface area contributed by atoms with Gasteiger partial charge in [0.1, 0.15) is 5.76 Å². The maximum atomic E-state index is 10.9. The van der Waals surface area contributed by atoms with Crippen LogP contribution in [0.4, 0.5) is 0 Å². The van der Waals surface area contributed by atoms with Gasteiger partial charge in [0.25, 0.3) is 0 Å². The van der Waals surface area contributed by atoms with Crippen molar-refractivity contribution in [2.75, 3.05) is 6.61 Å². The van der Waals surface area contributed by atoms with Crippen LogP contribution in [0, 0.1) is 0 Å². The summed E-state index contributed by atoms with van der Waals surface area (Å²) in [5.74, 6) is -0.615. The van der Waals surface area contributed by atoms with Crippen LogP contribution in [-0.2, 0) is 9.53 Å². The molecule has 0 radical (unpaired) electrons. The van der Waals surface area contributed by atoms with Crippen LogP contribution < -0.4 is 0 Å². The van der Waals surface area contributed by atoms with Gasteiger partial charge >= 0.3 is 5.97 Å². The Morgan fingerprint density at radius 3 is 2.50 bits per heavy atom. The molecule has 0 fully saturated rings. The fourth-order valence-corrected chi connectivity index (χ4v) is 0.489. The second-order valence-electron chi connectivity index (χ2n) is 2.07. The number of allylic oxidation sites excluding steroid dienone is 1. The van der Waals surface area contributed by atoms with Crippen molar-refractivity contribution in [3.05, 3.63) is 36.6 Å². The predicted molar refractivity (Wildman–Crippen MR) is 46.7 cm³/mol. The highest BCUT2D eigenvalue weighted by molar-refractivity contribution is 5.90. The Morgan fingerprint density at radius 2 is 2.08 bits per heavy atom. The molecule has 0 unspecified atom stereocenters. The fourth-order valence-electron chi connectivity index (χ4n) is 0.489. The van der Waals surface area contributed by atoms with E-state index in [1.165, 1.54) is 12.2 Å². The summed E-state index contributed by atoms with van der Waals surface area (Å²) in [6.07, 6.45) is 2.62. The minimum atomic E-state index is -0.491. The van der Waals surface area contributed by atoms with E-state index in [0.717, 1.165) is 0 Å². The molecule has 0 atom stereocenters. The largest absolute Gasteiger partial charge is 0.509 e. The van der Waals surface area contributed by atoms with E-state index in [-0.39, 0.29) is 11.3 Å². The lowest BCUT2D eigenvalue weighted by Gasteiger charge is -1.99. The van der Waals surface area contributed by atoms with E-state index in [0.29, 0.717) is 6.61 Å². The summed E-state index contributed by atoms with van der Waals surface area (Å²) in [4.78, 5) is 10.9. The summed E-state index contributed by atoms with van der Waals surface area (Å²) in [5.41, 5.74) is 0.187. The Labute approximate surface area is 71.7 Å². The summed E-state index contributed by atoms with van der Waals surface area (Å²) in [7, 11) is 0. The molecule has 66 valence electrons. The standard InChI is InChI=1S/C9H12O3/c1-4-12-9(11)7(2)5-6-8(3)10/h5-6,10H,2-4H2,1H3/b6-5-. The Hall–Kier alpha value is -1.51. The minimum absolute atomic E-state index is 0.125. The third kappa shape index (κ3) is 4.33. The van der Waals surface area contributed by atoms with Crippen molar-refractivity contribution in [2.24, 2.45) is 0 Å². The number of aliphatic hydroxyl groups is 1. The van der Waals surface area contributed by atoms with Gasteiger partial charge in [0.05, 0.1) is 12.2 Å². The summed E-state index contributed by atoms with van der Waals surface area (Å²) in [6, 6.07) is 0. The van der Waals surface area contributed by atoms with Crippen molar-refractivity contribution < 1.29 is 14.6 Å². The zero-order chi connectivity index (χ0) is 9.56. The molecule has 0 aliphatic rings. The Morgan fingerprint density at radius 1 is 1.50 bits per heavy atom. The van der Waals surface area contributed by atoms with Gasteiger partial charge in [0.2, 0.25) is 0 Å². The van der Waals surface area contributed by atoms with Crippen LogP contribution in [0.15, 0.2) is 36.6 Å². The molecule has 3 heteroatoms. The molecule has 0 aliphatic carbocycles. The maximum absolute atomic E-state index is 10.9. The summed E-state index contributed by atoms with van der Waals surface area (Å²) >= 11 is 0. The zero-order valence-electron chi connectivity index (χ0n) is 7.04. The van der Waals surface area contributed by atoms with Gasteiger partial charge in [-0.2, -0.15) is 0 Å². The lowest BCUT2D eigenvalue weighted by atomic mass is 10.3. The smallest absolute Gasteiger partial charge is 0.337 e. The maximum Gasteiger partial charge on any atom is 0.337 e. The van der Waals surface area contributed by atoms with Gasteiger partial charge in [-0.25, -0.2) is 4.79 Å². The van der Waals surface area contributed by atoms with Crippen LogP contribution in [0.5, 0.6) is 0 Å². The normalized spacial score (nSPS) is 9.75. The number of esters is 1. The fraction of sp³-hybridized carbons (Fsp3) is 0.222. The van der Waals surface area contributed by atoms with E-state index in [1.807, 2.05) is 0 Å². The summed E-state index contributed by atoms with van der Waals surface area (Å²) in [6.45, 7) is 8.66. The van der Waals surface area contributed by atoms with Gasteiger partial charge in [-0.05, 0) is 19.1 Å². The van der Waals surface area contributed by atoms with Crippen molar-refractivity contribution in [3.63, 3.8) is 0 Å². The molecule has 0 aliphatic heterocycles. The Kier molecular flexibility index (Phi) is 4.53. The third-order valence-electron chi connectivity index (χ3n) is 1.01. The molecule has 0 aromatic carbocycles. The molecule has 0 saturated carbocycles. The van der Waals surface area contributed by atoms with Crippen LogP contribution in [0.2, 0.25) is 0 Å². The van der Waals surface area contributed by atoms with Gasteiger partial charge in [-0.3, -0.25) is 0 Å². The van der Waals surface area contributed by atoms with Crippen molar-refractivity contribution in [2.45, 2.75) is 6.92 Å². The Bertz CT molecular complexity index is 226. The average Bonchev–Trinajstić information content (AvgIpc) is 2.00. The van der Waals surface area contributed by atoms with Gasteiger partial charge in [0.15, 0.2) is 0 Å². The first-order valence-corrected chi connectivity index (χ1v) is 3.50. The second-order valence-corrected chi connectivity index (χ2v) is 2.07. The minimum Gasteiger partial charge on any atom is -0.509 e. The van der Waals surface area contributed by atoms with Gasteiger partial charge in [-0.1, -0.05) is 13.2 Å². The first-order valence-electron chi connectivity index (χ1n) is 3.50. The van der Waals surface area contributed by atoms with Crippen molar-refractivity contribution >= 4 is 5.97 Å². The number of aliphatic hydroxyl groups excluding tert-OH is 1. The summed E-state index contributed by atoms with van der Waals surface area (Å²) in [5, 5.41) is 8.64. The lowest BCUT2D eigenvalue weighted by molar-refractivity contribution is -0.138. The topological polar surface area (TPSA) is 46.5 Å². The quantitative estimate of drug-likeness (QED) is 0.301. The number of hydrogen-bond donors (Lipinski definition) is 1. The molecule has 0 amide bonds. The molecular formula is C9H12O3. The lowest BCUT2D eigenvalue weighted by Crippen LogP contribution is -2.04. The summed E-state index contributed by atoms with van der Waals surface area (Å²) < 4.78 is 4.63. The van der Waals surface area contributed by atoms with Crippen LogP contribution >= 0.6 is 0 Å². The SMILES string of the molecule is C=C(O)/C=C\C(=C)C(=O)OCC. The highest BCUT2D eigenvalue weighted by Gasteiger charge is 2.02. The van der Waals surface area contributed by atoms with E-state index in [4.69, 9.17) is 5.11 Å². The molecule has 0 heterocycles. The molecular weight excluding hydrogens is 156 g/mol. The van der Waals surface area contributed by atoms with Crippen molar-refractivity contribution in [1.29, 1.82) is 0 Å². The van der Waals surface area contributed by atoms with Gasteiger partial charge in [0, 0.05) is 0 Å². The second kappa shape index (κ2) is 5.18. The number of carbonyl (C=O) groups excluding carboxylic acids is 1. The van der Waals surface area contributed by atoms with Gasteiger partial charge in [-0.15, -0.1) is 0 Å². The van der Waals surface area contributed by atoms with Crippen molar-refractivity contribution in [1.82, 2.24) is 0 Å². The number of rotatable bonds is 4. The molecule has 3 nitrogen and oxygen atoms in total. The van der Waals surface area contributed by atoms with E-state index in [9.17, 15) is 4.79 Å². The number of hydrogen-bond acceptors (Lipinski definition) is 3. The molecule has 0 aromatic heterocycles. The molecule has 0 bridgehead atoms. The zero-order valence-corrected chi connectivity index (χ0v) is 7.04. The first kappa shape index (κ1) is 10.5. The monoisotopic (exact) mass is 168 g/mol. The third-order valence-corrected chi connectivity index (χ3v) is 1.01. The predicted octanol–water partition coefficient (Wildman–Crippen LogP) is 1.73. The number of ether oxygens (including phenoxy) is 1. The number of carbonyl (C=O) groups is 1. The van der Waals surface area contributed by atoms with E-state index in [1.54, 1.807) is 6.92 Å². The first-order chi connectivity index (χ1) is 5.57. The van der Waals surface area contributed by atoms with Crippen LogP contribution in [0.25, 0.3) is 0 Å². The highest BCUT2D eigenvalue weighted by atomic mass is 16.5. The van der Waals surface area contributed by atoms with Crippen LogP contribution in [-0.4, -0.2) is 17.7 Å². The van der Waals surface area contributed by atoms with Crippen LogP contribution in [0.1, 0.15) is 6.92 Å². The molecule has 0 aromatic rings. The van der Waals surface area contributed by atoms with Crippen molar-refractivity contribution in [3.8, 4) is 0 Å². The van der Waals surface area contributed by atoms with E-state index < -0.39 is 5.97 Å².